The fraction of sp³-hybridized carbons (Fsp3) is 0.250. The minimum Gasteiger partial charge on any atom is -0.455 e. The molecule has 12 rings (SSSR count). The molecule has 0 saturated carbocycles. The molecule has 1 spiro atoms. The number of hydrogen-bond acceptors (Lipinski definition) is 3. The summed E-state index contributed by atoms with van der Waals surface area (Å²) < 4.78 is 7.40. The molecule has 3 heteroatoms. The molecule has 0 atom stereocenters. The molecular weight excluding hydrogens is 909 g/mol. The largest absolute Gasteiger partial charge is 0.455 e. The molecule has 0 aliphatic heterocycles. The van der Waals surface area contributed by atoms with E-state index in [1.54, 1.807) is 0 Å². The van der Waals surface area contributed by atoms with Crippen LogP contribution in [0.4, 0.5) is 28.4 Å². The van der Waals surface area contributed by atoms with Crippen LogP contribution in [-0.4, -0.2) is 0 Å². The minimum atomic E-state index is -0.690. The minimum absolute atomic E-state index is 0.000419. The lowest BCUT2D eigenvalue weighted by Crippen LogP contribution is -2.27. The van der Waals surface area contributed by atoms with Crippen molar-refractivity contribution in [3.05, 3.63) is 244 Å². The van der Waals surface area contributed by atoms with Gasteiger partial charge in [-0.25, -0.2) is 0 Å². The van der Waals surface area contributed by atoms with Crippen molar-refractivity contribution in [2.75, 3.05) is 9.80 Å². The molecule has 0 bridgehead atoms. The molecule has 0 N–H and O–H groups in total. The number of hydrogen-bond donors (Lipinski definition) is 0. The quantitative estimate of drug-likeness (QED) is 0.166. The summed E-state index contributed by atoms with van der Waals surface area (Å²) in [6.07, 6.45) is 10.3. The molecule has 8 aromatic carbocycles. The van der Waals surface area contributed by atoms with Gasteiger partial charge in [-0.05, 0) is 156 Å². The molecule has 374 valence electrons. The van der Waals surface area contributed by atoms with Crippen LogP contribution in [0.5, 0.6) is 0 Å². The average molecular weight is 979 g/mol. The summed E-state index contributed by atoms with van der Waals surface area (Å²) in [6, 6.07) is 64.5. The van der Waals surface area contributed by atoms with Gasteiger partial charge >= 0.3 is 0 Å². The first kappa shape index (κ1) is 48.3. The SMILES string of the molecule is CC(C)(C)C1=CCC=C(N(c2ccc(C(C)(C)C)cc2)c2cc3c(c4oc5ccccc5c24)-c2ccc(N(c4ccc(C(C)(C)C)cc4)c4ccc(C(C)(C)C)cc4)cc2C32c3ccccc3-c3ccccc32)C=C1. The summed E-state index contributed by atoms with van der Waals surface area (Å²) in [5.74, 6) is 0. The standard InChI is InChI=1S/C72H70N2O/c1-68(2,3)46-20-19-21-50(35-28-46)74(53-40-33-49(34-41-53)71(10,11)12)63-45-62-65(67-66(63)58-24-15-18-27-64(58)75-67)57-43-42-54(44-61(57)72(62)59-25-16-13-22-55(59)56-23-14-17-26-60(56)72)73(51-36-29-47(30-37-51)69(4,5)6)52-38-31-48(32-39-52)70(7,8)9/h13-18,20-45H,19H2,1-12H3. The van der Waals surface area contributed by atoms with E-state index in [0.29, 0.717) is 0 Å². The Morgan fingerprint density at radius 3 is 1.44 bits per heavy atom. The van der Waals surface area contributed by atoms with E-state index in [4.69, 9.17) is 4.42 Å². The van der Waals surface area contributed by atoms with Gasteiger partial charge in [0.1, 0.15) is 11.2 Å². The van der Waals surface area contributed by atoms with Gasteiger partial charge < -0.3 is 14.2 Å². The van der Waals surface area contributed by atoms with E-state index in [2.05, 4.69) is 287 Å². The lowest BCUT2D eigenvalue weighted by molar-refractivity contribution is 0.515. The normalized spacial score (nSPS) is 14.8. The first-order chi connectivity index (χ1) is 35.7. The van der Waals surface area contributed by atoms with Gasteiger partial charge in [0.05, 0.1) is 16.5 Å². The first-order valence-electron chi connectivity index (χ1n) is 27.1. The van der Waals surface area contributed by atoms with Crippen LogP contribution < -0.4 is 9.80 Å². The van der Waals surface area contributed by atoms with Crippen molar-refractivity contribution in [2.24, 2.45) is 5.41 Å². The van der Waals surface area contributed by atoms with Crippen molar-refractivity contribution in [1.82, 2.24) is 0 Å². The molecule has 0 fully saturated rings. The second-order valence-electron chi connectivity index (χ2n) is 25.4. The number of allylic oxidation sites excluding steroid dienone is 5. The van der Waals surface area contributed by atoms with Gasteiger partial charge in [-0.2, -0.15) is 0 Å². The predicted molar refractivity (Wildman–Crippen MR) is 319 cm³/mol. The van der Waals surface area contributed by atoms with Crippen molar-refractivity contribution in [3.63, 3.8) is 0 Å². The van der Waals surface area contributed by atoms with Gasteiger partial charge in [-0.15, -0.1) is 0 Å². The molecule has 0 unspecified atom stereocenters. The predicted octanol–water partition coefficient (Wildman–Crippen LogP) is 20.2. The lowest BCUT2D eigenvalue weighted by atomic mass is 9.70. The number of para-hydroxylation sites is 1. The van der Waals surface area contributed by atoms with Gasteiger partial charge in [0, 0.05) is 39.4 Å². The van der Waals surface area contributed by atoms with E-state index in [9.17, 15) is 0 Å². The average Bonchev–Trinajstić information content (AvgIpc) is 4.06. The Labute approximate surface area is 445 Å². The van der Waals surface area contributed by atoms with Crippen molar-refractivity contribution < 1.29 is 4.42 Å². The van der Waals surface area contributed by atoms with E-state index >= 15 is 0 Å². The smallest absolute Gasteiger partial charge is 0.145 e. The van der Waals surface area contributed by atoms with E-state index < -0.39 is 5.41 Å². The monoisotopic (exact) mass is 979 g/mol. The van der Waals surface area contributed by atoms with E-state index in [1.165, 1.54) is 61.2 Å². The van der Waals surface area contributed by atoms with E-state index in [0.717, 1.165) is 68.1 Å². The zero-order chi connectivity index (χ0) is 52.4. The molecule has 3 nitrogen and oxygen atoms in total. The van der Waals surface area contributed by atoms with Gasteiger partial charge in [0.15, 0.2) is 0 Å². The highest BCUT2D eigenvalue weighted by Crippen LogP contribution is 2.66. The number of rotatable bonds is 6. The van der Waals surface area contributed by atoms with Crippen LogP contribution >= 0.6 is 0 Å². The third-order valence-electron chi connectivity index (χ3n) is 16.4. The Morgan fingerprint density at radius 2 is 0.907 bits per heavy atom. The van der Waals surface area contributed by atoms with Crippen LogP contribution in [0, 0.1) is 5.41 Å². The number of benzene rings is 8. The number of fused-ring (bicyclic) bond motifs is 14. The van der Waals surface area contributed by atoms with Crippen LogP contribution in [0.3, 0.4) is 0 Å². The third-order valence-corrected chi connectivity index (χ3v) is 16.4. The first-order valence-corrected chi connectivity index (χ1v) is 27.1. The van der Waals surface area contributed by atoms with Crippen LogP contribution in [-0.2, 0) is 21.7 Å². The highest BCUT2D eigenvalue weighted by molar-refractivity contribution is 6.19. The molecule has 1 aromatic heterocycles. The molecule has 9 aromatic rings. The van der Waals surface area contributed by atoms with Gasteiger partial charge in [0.25, 0.3) is 0 Å². The maximum Gasteiger partial charge on any atom is 0.145 e. The topological polar surface area (TPSA) is 19.6 Å². The fourth-order valence-electron chi connectivity index (χ4n) is 12.3. The Balaban J connectivity index is 1.18. The summed E-state index contributed by atoms with van der Waals surface area (Å²) >= 11 is 0. The van der Waals surface area contributed by atoms with Gasteiger partial charge in [0.2, 0.25) is 0 Å². The number of furan rings is 1. The van der Waals surface area contributed by atoms with Gasteiger partial charge in [-0.3, -0.25) is 0 Å². The summed E-state index contributed by atoms with van der Waals surface area (Å²) in [6.45, 7) is 27.5. The van der Waals surface area contributed by atoms with Crippen molar-refractivity contribution >= 4 is 50.4 Å². The molecular formula is C72H70N2O. The second kappa shape index (κ2) is 17.2. The Hall–Kier alpha value is -7.62. The molecule has 1 heterocycles. The van der Waals surface area contributed by atoms with E-state index in [1.807, 2.05) is 0 Å². The third kappa shape index (κ3) is 7.84. The molecule has 3 aliphatic carbocycles. The van der Waals surface area contributed by atoms with Crippen molar-refractivity contribution in [1.29, 1.82) is 0 Å². The van der Waals surface area contributed by atoms with Gasteiger partial charge in [-0.1, -0.05) is 211 Å². The summed E-state index contributed by atoms with van der Waals surface area (Å²) in [7, 11) is 0. The zero-order valence-electron chi connectivity index (χ0n) is 46.0. The molecule has 0 radical (unpaired) electrons. The highest BCUT2D eigenvalue weighted by Gasteiger charge is 2.53. The van der Waals surface area contributed by atoms with Crippen LogP contribution in [0.2, 0.25) is 0 Å². The molecule has 0 saturated heterocycles. The molecule has 0 amide bonds. The Kier molecular flexibility index (Phi) is 11.1. The molecule has 75 heavy (non-hydrogen) atoms. The highest BCUT2D eigenvalue weighted by atomic mass is 16.3. The number of nitrogens with zero attached hydrogens (tertiary/aromatic N) is 2. The summed E-state index contributed by atoms with van der Waals surface area (Å²) in [5.41, 5.74) is 23.0. The summed E-state index contributed by atoms with van der Waals surface area (Å²) in [4.78, 5) is 4.98. The maximum atomic E-state index is 7.40. The Bertz CT molecular complexity index is 3710. The Morgan fingerprint density at radius 1 is 0.413 bits per heavy atom. The number of anilines is 5. The molecule has 3 aliphatic rings. The zero-order valence-corrected chi connectivity index (χ0v) is 46.0. The second-order valence-corrected chi connectivity index (χ2v) is 25.4. The lowest BCUT2D eigenvalue weighted by Gasteiger charge is -2.34. The van der Waals surface area contributed by atoms with E-state index in [-0.39, 0.29) is 21.7 Å². The van der Waals surface area contributed by atoms with Crippen LogP contribution in [0.1, 0.15) is 128 Å². The van der Waals surface area contributed by atoms with Crippen LogP contribution in [0.15, 0.2) is 210 Å². The van der Waals surface area contributed by atoms with Crippen molar-refractivity contribution in [3.8, 4) is 22.3 Å². The maximum absolute atomic E-state index is 7.40. The van der Waals surface area contributed by atoms with Crippen molar-refractivity contribution in [2.45, 2.75) is 111 Å². The van der Waals surface area contributed by atoms with Crippen LogP contribution in [0.25, 0.3) is 44.2 Å². The summed E-state index contributed by atoms with van der Waals surface area (Å²) in [5, 5.41) is 2.21. The fourth-order valence-corrected chi connectivity index (χ4v) is 12.3.